The van der Waals surface area contributed by atoms with Gasteiger partial charge >= 0.3 is 0 Å². The predicted molar refractivity (Wildman–Crippen MR) is 82.3 cm³/mol. The molecule has 0 heterocycles. The van der Waals surface area contributed by atoms with Gasteiger partial charge in [0.2, 0.25) is 0 Å². The minimum absolute atomic E-state index is 0.212. The molecule has 2 aromatic carbocycles. The van der Waals surface area contributed by atoms with Crippen molar-refractivity contribution in [3.05, 3.63) is 59.4 Å². The van der Waals surface area contributed by atoms with Crippen LogP contribution in [-0.4, -0.2) is 17.1 Å². The van der Waals surface area contributed by atoms with Crippen molar-refractivity contribution in [2.24, 2.45) is 5.73 Å². The maximum Gasteiger partial charge on any atom is 0.124 e. The molecule has 2 aromatic rings. The summed E-state index contributed by atoms with van der Waals surface area (Å²) in [6, 6.07) is 11.0. The second-order valence-corrected chi connectivity index (χ2v) is 6.32. The molecule has 2 unspecified atom stereocenters. The standard InChI is InChI=1S/C16H18FNO2S/c1-11-6-7-16(20-2)14(8-11)15(18)10-21(19)13-5-3-4-12(17)9-13/h3-9,15H,10,18H2,1-2H3. The van der Waals surface area contributed by atoms with Crippen LogP contribution in [0.5, 0.6) is 5.75 Å². The fourth-order valence-corrected chi connectivity index (χ4v) is 3.27. The Balaban J connectivity index is 2.20. The highest BCUT2D eigenvalue weighted by Crippen LogP contribution is 2.26. The summed E-state index contributed by atoms with van der Waals surface area (Å²) in [4.78, 5) is 0.442. The van der Waals surface area contributed by atoms with E-state index in [0.717, 1.165) is 11.1 Å². The van der Waals surface area contributed by atoms with Crippen LogP contribution < -0.4 is 10.5 Å². The first-order chi connectivity index (χ1) is 10.0. The van der Waals surface area contributed by atoms with Crippen molar-refractivity contribution in [3.63, 3.8) is 0 Å². The molecule has 3 nitrogen and oxygen atoms in total. The van der Waals surface area contributed by atoms with Gasteiger partial charge in [-0.1, -0.05) is 23.8 Å². The van der Waals surface area contributed by atoms with Crippen LogP contribution in [0.2, 0.25) is 0 Å². The molecule has 0 saturated carbocycles. The fourth-order valence-electron chi connectivity index (χ4n) is 2.10. The van der Waals surface area contributed by atoms with Crippen LogP contribution in [0.25, 0.3) is 0 Å². The van der Waals surface area contributed by atoms with Gasteiger partial charge in [0.25, 0.3) is 0 Å². The number of hydrogen-bond acceptors (Lipinski definition) is 3. The van der Waals surface area contributed by atoms with Gasteiger partial charge in [0, 0.05) is 22.3 Å². The molecule has 0 radical (unpaired) electrons. The molecule has 5 heteroatoms. The molecule has 0 saturated heterocycles. The zero-order chi connectivity index (χ0) is 15.4. The van der Waals surface area contributed by atoms with Crippen molar-refractivity contribution in [1.82, 2.24) is 0 Å². The number of ether oxygens (including phenoxy) is 1. The lowest BCUT2D eigenvalue weighted by Gasteiger charge is -2.16. The Bertz CT molecular complexity index is 660. The van der Waals surface area contributed by atoms with E-state index in [1.807, 2.05) is 25.1 Å². The average molecular weight is 307 g/mol. The van der Waals surface area contributed by atoms with Crippen molar-refractivity contribution in [2.75, 3.05) is 12.9 Å². The van der Waals surface area contributed by atoms with E-state index in [2.05, 4.69) is 0 Å². The Labute approximate surface area is 126 Å². The molecule has 0 bridgehead atoms. The van der Waals surface area contributed by atoms with E-state index in [1.54, 1.807) is 19.2 Å². The Morgan fingerprint density at radius 3 is 2.71 bits per heavy atom. The third-order valence-corrected chi connectivity index (χ3v) is 4.62. The van der Waals surface area contributed by atoms with Crippen LogP contribution in [-0.2, 0) is 10.8 Å². The van der Waals surface area contributed by atoms with Gasteiger partial charge in [0.15, 0.2) is 0 Å². The number of halogens is 1. The van der Waals surface area contributed by atoms with Crippen molar-refractivity contribution < 1.29 is 13.3 Å². The minimum atomic E-state index is -1.36. The van der Waals surface area contributed by atoms with Gasteiger partial charge in [0.05, 0.1) is 17.9 Å². The first kappa shape index (κ1) is 15.7. The maximum atomic E-state index is 13.2. The van der Waals surface area contributed by atoms with Crippen LogP contribution in [0.15, 0.2) is 47.4 Å². The highest BCUT2D eigenvalue weighted by molar-refractivity contribution is 7.85. The lowest BCUT2D eigenvalue weighted by Crippen LogP contribution is -2.19. The van der Waals surface area contributed by atoms with E-state index in [1.165, 1.54) is 12.1 Å². The number of methoxy groups -OCH3 is 1. The number of hydrogen-bond donors (Lipinski definition) is 1. The number of rotatable bonds is 5. The van der Waals surface area contributed by atoms with Gasteiger partial charge in [0.1, 0.15) is 11.6 Å². The van der Waals surface area contributed by atoms with Crippen LogP contribution >= 0.6 is 0 Å². The second-order valence-electron chi connectivity index (χ2n) is 4.82. The molecule has 112 valence electrons. The molecule has 0 aliphatic carbocycles. The highest BCUT2D eigenvalue weighted by Gasteiger charge is 2.16. The molecular formula is C16H18FNO2S. The van der Waals surface area contributed by atoms with Crippen LogP contribution in [0.3, 0.4) is 0 Å². The lowest BCUT2D eigenvalue weighted by molar-refractivity contribution is 0.407. The van der Waals surface area contributed by atoms with E-state index in [0.29, 0.717) is 10.6 Å². The van der Waals surface area contributed by atoms with Gasteiger partial charge < -0.3 is 10.5 Å². The van der Waals surface area contributed by atoms with Crippen LogP contribution in [0.1, 0.15) is 17.2 Å². The van der Waals surface area contributed by atoms with E-state index in [9.17, 15) is 8.60 Å². The molecular weight excluding hydrogens is 289 g/mol. The maximum absolute atomic E-state index is 13.2. The predicted octanol–water partition coefficient (Wildman–Crippen LogP) is 2.95. The molecule has 0 amide bonds. The molecule has 2 N–H and O–H groups in total. The largest absolute Gasteiger partial charge is 0.496 e. The first-order valence-corrected chi connectivity index (χ1v) is 7.87. The van der Waals surface area contributed by atoms with Gasteiger partial charge in [-0.3, -0.25) is 4.21 Å². The number of benzene rings is 2. The lowest BCUT2D eigenvalue weighted by atomic mass is 10.1. The molecule has 0 aliphatic heterocycles. The molecule has 21 heavy (non-hydrogen) atoms. The third kappa shape index (κ3) is 3.89. The second kappa shape index (κ2) is 6.83. The third-order valence-electron chi connectivity index (χ3n) is 3.17. The van der Waals surface area contributed by atoms with Crippen molar-refractivity contribution >= 4 is 10.8 Å². The summed E-state index contributed by atoms with van der Waals surface area (Å²) in [6.07, 6.45) is 0. The molecule has 0 aliphatic rings. The summed E-state index contributed by atoms with van der Waals surface area (Å²) in [5, 5.41) is 0. The molecule has 0 aromatic heterocycles. The zero-order valence-corrected chi connectivity index (χ0v) is 12.8. The highest BCUT2D eigenvalue weighted by atomic mass is 32.2. The molecule has 0 fully saturated rings. The van der Waals surface area contributed by atoms with Crippen molar-refractivity contribution in [1.29, 1.82) is 0 Å². The summed E-state index contributed by atoms with van der Waals surface area (Å²) in [6.45, 7) is 1.96. The van der Waals surface area contributed by atoms with Crippen LogP contribution in [0, 0.1) is 12.7 Å². The summed E-state index contributed by atoms with van der Waals surface area (Å²) in [7, 11) is 0.212. The van der Waals surface area contributed by atoms with E-state index in [4.69, 9.17) is 10.5 Å². The van der Waals surface area contributed by atoms with E-state index in [-0.39, 0.29) is 5.75 Å². The topological polar surface area (TPSA) is 52.3 Å². The normalized spacial score (nSPS) is 13.7. The summed E-state index contributed by atoms with van der Waals surface area (Å²) < 4.78 is 30.8. The Morgan fingerprint density at radius 2 is 2.05 bits per heavy atom. The zero-order valence-electron chi connectivity index (χ0n) is 12.0. The van der Waals surface area contributed by atoms with Crippen molar-refractivity contribution in [2.45, 2.75) is 17.9 Å². The molecule has 0 spiro atoms. The summed E-state index contributed by atoms with van der Waals surface area (Å²) in [5.74, 6) is 0.482. The Hall–Kier alpha value is -1.72. The van der Waals surface area contributed by atoms with Gasteiger partial charge in [-0.15, -0.1) is 0 Å². The fraction of sp³-hybridized carbons (Fsp3) is 0.250. The quantitative estimate of drug-likeness (QED) is 0.924. The Morgan fingerprint density at radius 1 is 1.29 bits per heavy atom. The number of nitrogens with two attached hydrogens (primary N) is 1. The monoisotopic (exact) mass is 307 g/mol. The van der Waals surface area contributed by atoms with E-state index >= 15 is 0 Å². The molecule has 2 atom stereocenters. The van der Waals surface area contributed by atoms with Crippen molar-refractivity contribution in [3.8, 4) is 5.75 Å². The minimum Gasteiger partial charge on any atom is -0.496 e. The van der Waals surface area contributed by atoms with Crippen LogP contribution in [0.4, 0.5) is 4.39 Å². The number of aryl methyl sites for hydroxylation is 1. The van der Waals surface area contributed by atoms with Gasteiger partial charge in [-0.05, 0) is 31.2 Å². The Kier molecular flexibility index (Phi) is 5.09. The van der Waals surface area contributed by atoms with E-state index < -0.39 is 22.7 Å². The molecule has 2 rings (SSSR count). The van der Waals surface area contributed by atoms with Gasteiger partial charge in [-0.2, -0.15) is 0 Å². The summed E-state index contributed by atoms with van der Waals surface area (Å²) in [5.41, 5.74) is 8.01. The smallest absolute Gasteiger partial charge is 0.124 e. The summed E-state index contributed by atoms with van der Waals surface area (Å²) >= 11 is 0. The first-order valence-electron chi connectivity index (χ1n) is 6.55. The van der Waals surface area contributed by atoms with Gasteiger partial charge in [-0.25, -0.2) is 4.39 Å². The SMILES string of the molecule is COc1ccc(C)cc1C(N)CS(=O)c1cccc(F)c1. The average Bonchev–Trinajstić information content (AvgIpc) is 2.47.